The maximum Gasteiger partial charge on any atom is 0.256 e. The number of rotatable bonds is 12. The zero-order chi connectivity index (χ0) is 27.3. The van der Waals surface area contributed by atoms with Crippen molar-refractivity contribution in [3.05, 3.63) is 59.8 Å². The van der Waals surface area contributed by atoms with Gasteiger partial charge in [0.1, 0.15) is 11.6 Å². The summed E-state index contributed by atoms with van der Waals surface area (Å²) in [5, 5.41) is 8.02. The molecule has 1 amide bonds. The molecule has 2 aromatic heterocycles. The molecule has 0 fully saturated rings. The van der Waals surface area contributed by atoms with Gasteiger partial charge in [0.2, 0.25) is 15.2 Å². The Balaban J connectivity index is 1.54. The Kier molecular flexibility index (Phi) is 8.80. The summed E-state index contributed by atoms with van der Waals surface area (Å²) >= 11 is 1.44. The number of fused-ring (bicyclic) bond motifs is 1. The fourth-order valence-corrected chi connectivity index (χ4v) is 6.46. The number of carbonyl (C=O) groups excluding carboxylic acids is 1. The molecule has 0 bridgehead atoms. The lowest BCUT2D eigenvalue weighted by Crippen LogP contribution is -2.33. The van der Waals surface area contributed by atoms with Crippen LogP contribution in [0.25, 0.3) is 15.3 Å². The predicted octanol–water partition coefficient (Wildman–Crippen LogP) is 5.64. The van der Waals surface area contributed by atoms with Crippen LogP contribution in [0.15, 0.2) is 53.4 Å². The highest BCUT2D eigenvalue weighted by Gasteiger charge is 2.24. The molecule has 0 spiro atoms. The Hall–Kier alpha value is -3.28. The molecular formula is C27H33N5O4S2. The lowest BCUT2D eigenvalue weighted by Gasteiger charge is -2.22. The molecule has 4 rings (SSSR count). The molecule has 202 valence electrons. The van der Waals surface area contributed by atoms with Crippen LogP contribution in [0, 0.1) is 6.92 Å². The fraction of sp³-hybridized carbons (Fsp3) is 0.370. The van der Waals surface area contributed by atoms with Crippen LogP contribution in [0.2, 0.25) is 0 Å². The van der Waals surface area contributed by atoms with E-state index in [-0.39, 0.29) is 10.8 Å². The minimum absolute atomic E-state index is 0.187. The third-order valence-electron chi connectivity index (χ3n) is 6.12. The normalized spacial score (nSPS) is 11.8. The van der Waals surface area contributed by atoms with Crippen molar-refractivity contribution < 1.29 is 17.9 Å². The summed E-state index contributed by atoms with van der Waals surface area (Å²) in [5.74, 6) is 0.842. The molecular weight excluding hydrogens is 522 g/mol. The standard InChI is InChI=1S/C27H33N5O4S2/c1-5-7-15-31(16-8-6-2)38(34,35)22-12-9-20(10-13-22)26(33)29-25-17-19(3)30-32(25)27-28-23-14-11-21(36-4)18-24(23)37-27/h9-14,17-18H,5-8,15-16H2,1-4H3,(H,29,33). The number of thiazole rings is 1. The van der Waals surface area contributed by atoms with Crippen molar-refractivity contribution >= 4 is 43.3 Å². The van der Waals surface area contributed by atoms with Gasteiger partial charge in [0.15, 0.2) is 0 Å². The molecule has 11 heteroatoms. The van der Waals surface area contributed by atoms with Crippen LogP contribution in [0.3, 0.4) is 0 Å². The number of anilines is 1. The van der Waals surface area contributed by atoms with Crippen LogP contribution >= 0.6 is 11.3 Å². The first-order valence-corrected chi connectivity index (χ1v) is 15.0. The Bertz CT molecular complexity index is 1500. The lowest BCUT2D eigenvalue weighted by atomic mass is 10.2. The quantitative estimate of drug-likeness (QED) is 0.242. The second kappa shape index (κ2) is 12.1. The number of nitrogens with zero attached hydrogens (tertiary/aromatic N) is 4. The van der Waals surface area contributed by atoms with Gasteiger partial charge in [-0.1, -0.05) is 38.0 Å². The summed E-state index contributed by atoms with van der Waals surface area (Å²) < 4.78 is 35.9. The highest BCUT2D eigenvalue weighted by Crippen LogP contribution is 2.30. The SMILES string of the molecule is CCCCN(CCCC)S(=O)(=O)c1ccc(C(=O)Nc2cc(C)nn2-c2nc3ccc(OC)cc3s2)cc1. The van der Waals surface area contributed by atoms with Gasteiger partial charge in [-0.3, -0.25) is 4.79 Å². The van der Waals surface area contributed by atoms with Crippen molar-refractivity contribution in [2.45, 2.75) is 51.3 Å². The highest BCUT2D eigenvalue weighted by molar-refractivity contribution is 7.89. The number of hydrogen-bond acceptors (Lipinski definition) is 7. The minimum atomic E-state index is -3.63. The highest BCUT2D eigenvalue weighted by atomic mass is 32.2. The summed E-state index contributed by atoms with van der Waals surface area (Å²) in [7, 11) is -2.02. The average molecular weight is 556 g/mol. The van der Waals surface area contributed by atoms with Crippen LogP contribution in [0.5, 0.6) is 5.75 Å². The zero-order valence-electron chi connectivity index (χ0n) is 22.1. The number of carbonyl (C=O) groups is 1. The molecule has 9 nitrogen and oxygen atoms in total. The number of aryl methyl sites for hydroxylation is 1. The molecule has 0 unspecified atom stereocenters. The molecule has 0 aliphatic rings. The molecule has 2 heterocycles. The summed E-state index contributed by atoms with van der Waals surface area (Å²) in [6, 6.07) is 13.5. The number of unbranched alkanes of at least 4 members (excludes halogenated alkanes) is 2. The molecule has 38 heavy (non-hydrogen) atoms. The third-order valence-corrected chi connectivity index (χ3v) is 9.02. The van der Waals surface area contributed by atoms with Crippen LogP contribution < -0.4 is 10.1 Å². The fourth-order valence-electron chi connectivity index (χ4n) is 3.98. The molecule has 1 N–H and O–H groups in total. The molecule has 4 aromatic rings. The number of methoxy groups -OCH3 is 1. The lowest BCUT2D eigenvalue weighted by molar-refractivity contribution is 0.102. The number of amides is 1. The smallest absolute Gasteiger partial charge is 0.256 e. The summed E-state index contributed by atoms with van der Waals surface area (Å²) in [6.07, 6.45) is 3.44. The van der Waals surface area contributed by atoms with Crippen molar-refractivity contribution in [2.24, 2.45) is 0 Å². The maximum atomic E-state index is 13.2. The zero-order valence-corrected chi connectivity index (χ0v) is 23.7. The number of ether oxygens (including phenoxy) is 1. The Labute approximate surface area is 227 Å². The first-order chi connectivity index (χ1) is 18.3. The largest absolute Gasteiger partial charge is 0.497 e. The Morgan fingerprint density at radius 3 is 2.37 bits per heavy atom. The number of sulfonamides is 1. The van der Waals surface area contributed by atoms with Crippen LogP contribution in [0.4, 0.5) is 5.82 Å². The van der Waals surface area contributed by atoms with E-state index >= 15 is 0 Å². The molecule has 0 atom stereocenters. The molecule has 0 radical (unpaired) electrons. The molecule has 0 saturated carbocycles. The number of nitrogens with one attached hydrogen (secondary N) is 1. The average Bonchev–Trinajstić information content (AvgIpc) is 3.50. The molecule has 0 aliphatic heterocycles. The second-order valence-electron chi connectivity index (χ2n) is 9.00. The number of aromatic nitrogens is 3. The van der Waals surface area contributed by atoms with Gasteiger partial charge in [-0.15, -0.1) is 0 Å². The summed E-state index contributed by atoms with van der Waals surface area (Å²) in [6.45, 7) is 6.90. The van der Waals surface area contributed by atoms with E-state index in [2.05, 4.69) is 15.4 Å². The Morgan fingerprint density at radius 2 is 1.74 bits per heavy atom. The number of hydrogen-bond donors (Lipinski definition) is 1. The number of benzene rings is 2. The van der Waals surface area contributed by atoms with Crippen molar-refractivity contribution in [1.29, 1.82) is 0 Å². The van der Waals surface area contributed by atoms with E-state index in [0.29, 0.717) is 29.6 Å². The van der Waals surface area contributed by atoms with E-state index in [4.69, 9.17) is 4.74 Å². The second-order valence-corrected chi connectivity index (χ2v) is 11.9. The monoisotopic (exact) mass is 555 g/mol. The third kappa shape index (κ3) is 6.06. The van der Waals surface area contributed by atoms with Crippen molar-refractivity contribution in [3.8, 4) is 10.9 Å². The van der Waals surface area contributed by atoms with Crippen LogP contribution in [-0.4, -0.2) is 53.6 Å². The van der Waals surface area contributed by atoms with Gasteiger partial charge in [0.25, 0.3) is 5.91 Å². The predicted molar refractivity (Wildman–Crippen MR) is 151 cm³/mol. The van der Waals surface area contributed by atoms with Gasteiger partial charge >= 0.3 is 0 Å². The molecule has 2 aromatic carbocycles. The minimum Gasteiger partial charge on any atom is -0.497 e. The van der Waals surface area contributed by atoms with Crippen molar-refractivity contribution in [2.75, 3.05) is 25.5 Å². The van der Waals surface area contributed by atoms with Gasteiger partial charge in [-0.05, 0) is 62.2 Å². The maximum absolute atomic E-state index is 13.2. The van der Waals surface area contributed by atoms with Gasteiger partial charge in [-0.25, -0.2) is 13.4 Å². The van der Waals surface area contributed by atoms with Crippen molar-refractivity contribution in [3.63, 3.8) is 0 Å². The van der Waals surface area contributed by atoms with E-state index in [1.54, 1.807) is 22.2 Å². The van der Waals surface area contributed by atoms with E-state index in [1.807, 2.05) is 39.0 Å². The van der Waals surface area contributed by atoms with Crippen LogP contribution in [-0.2, 0) is 10.0 Å². The van der Waals surface area contributed by atoms with E-state index < -0.39 is 10.0 Å². The molecule has 0 aliphatic carbocycles. The summed E-state index contributed by atoms with van der Waals surface area (Å²) in [4.78, 5) is 17.9. The van der Waals surface area contributed by atoms with E-state index in [0.717, 1.165) is 47.3 Å². The van der Waals surface area contributed by atoms with Gasteiger partial charge in [0, 0.05) is 24.7 Å². The first-order valence-electron chi connectivity index (χ1n) is 12.7. The van der Waals surface area contributed by atoms with E-state index in [1.165, 1.54) is 35.6 Å². The van der Waals surface area contributed by atoms with Gasteiger partial charge in [-0.2, -0.15) is 14.1 Å². The molecule has 0 saturated heterocycles. The van der Waals surface area contributed by atoms with Crippen LogP contribution in [0.1, 0.15) is 55.6 Å². The Morgan fingerprint density at radius 1 is 1.05 bits per heavy atom. The first kappa shape index (κ1) is 27.7. The van der Waals surface area contributed by atoms with Crippen molar-refractivity contribution in [1.82, 2.24) is 19.1 Å². The van der Waals surface area contributed by atoms with Gasteiger partial charge in [0.05, 0.1) is 27.9 Å². The van der Waals surface area contributed by atoms with Gasteiger partial charge < -0.3 is 10.1 Å². The summed E-state index contributed by atoms with van der Waals surface area (Å²) in [5.41, 5.74) is 1.87. The van der Waals surface area contributed by atoms with E-state index in [9.17, 15) is 13.2 Å². The topological polar surface area (TPSA) is 106 Å².